The highest BCUT2D eigenvalue weighted by molar-refractivity contribution is 6.30. The fourth-order valence-corrected chi connectivity index (χ4v) is 3.71. The molecule has 5 nitrogen and oxygen atoms in total. The van der Waals surface area contributed by atoms with Crippen molar-refractivity contribution in [1.29, 1.82) is 0 Å². The lowest BCUT2D eigenvalue weighted by Crippen LogP contribution is -2.35. The molecule has 1 amide bonds. The molecule has 0 saturated carbocycles. The second kappa shape index (κ2) is 12.2. The molecule has 0 fully saturated rings. The van der Waals surface area contributed by atoms with E-state index in [9.17, 15) is 9.59 Å². The molecule has 0 aliphatic rings. The van der Waals surface area contributed by atoms with Crippen LogP contribution in [0, 0.1) is 0 Å². The Morgan fingerprint density at radius 1 is 1.00 bits per heavy atom. The molecular weight excluding hydrogens is 422 g/mol. The molecule has 3 rings (SSSR count). The molecule has 1 aromatic heterocycles. The quantitative estimate of drug-likeness (QED) is 0.415. The van der Waals surface area contributed by atoms with Crippen molar-refractivity contribution in [3.8, 4) is 11.3 Å². The number of nitrogens with zero attached hydrogens (tertiary/aromatic N) is 2. The summed E-state index contributed by atoms with van der Waals surface area (Å²) >= 11 is 5.98. The molecule has 2 aromatic carbocycles. The molecule has 1 N–H and O–H groups in total. The van der Waals surface area contributed by atoms with Crippen LogP contribution in [0.2, 0.25) is 5.02 Å². The zero-order valence-electron chi connectivity index (χ0n) is 18.5. The number of unbranched alkanes of at least 4 members (excludes halogenated alkanes) is 2. The van der Waals surface area contributed by atoms with Crippen LogP contribution in [0.15, 0.2) is 65.5 Å². The third-order valence-electron chi connectivity index (χ3n) is 5.34. The summed E-state index contributed by atoms with van der Waals surface area (Å²) in [5, 5.41) is 3.57. The zero-order chi connectivity index (χ0) is 22.8. The van der Waals surface area contributed by atoms with Gasteiger partial charge >= 0.3 is 0 Å². The molecule has 0 unspecified atom stereocenters. The van der Waals surface area contributed by atoms with E-state index in [-0.39, 0.29) is 18.0 Å². The van der Waals surface area contributed by atoms with Gasteiger partial charge in [0.2, 0.25) is 5.91 Å². The summed E-state index contributed by atoms with van der Waals surface area (Å²) in [6.45, 7) is 2.69. The summed E-state index contributed by atoms with van der Waals surface area (Å²) in [5.74, 6) is 0.480. The summed E-state index contributed by atoms with van der Waals surface area (Å²) in [5.41, 5.74) is 2.48. The van der Waals surface area contributed by atoms with Gasteiger partial charge in [-0.2, -0.15) is 0 Å². The average molecular weight is 452 g/mol. The Morgan fingerprint density at radius 2 is 1.75 bits per heavy atom. The summed E-state index contributed by atoms with van der Waals surface area (Å²) in [6.07, 6.45) is 5.45. The largest absolute Gasteiger partial charge is 0.355 e. The Balaban J connectivity index is 1.68. The average Bonchev–Trinajstić information content (AvgIpc) is 2.80. The molecule has 0 spiro atoms. The molecular formula is C26H30ClN3O2. The Hall–Kier alpha value is -2.92. The van der Waals surface area contributed by atoms with Crippen molar-refractivity contribution >= 4 is 17.5 Å². The molecule has 0 bridgehead atoms. The van der Waals surface area contributed by atoms with Crippen molar-refractivity contribution in [2.75, 3.05) is 6.54 Å². The lowest BCUT2D eigenvalue weighted by atomic mass is 10.1. The van der Waals surface area contributed by atoms with Crippen molar-refractivity contribution in [1.82, 2.24) is 14.9 Å². The van der Waals surface area contributed by atoms with E-state index >= 15 is 0 Å². The number of amides is 1. The van der Waals surface area contributed by atoms with Crippen LogP contribution in [-0.4, -0.2) is 22.0 Å². The Morgan fingerprint density at radius 3 is 2.47 bits per heavy atom. The molecule has 0 saturated heterocycles. The Kier molecular flexibility index (Phi) is 9.05. The number of rotatable bonds is 11. The highest BCUT2D eigenvalue weighted by Crippen LogP contribution is 2.19. The van der Waals surface area contributed by atoms with Gasteiger partial charge in [-0.1, -0.05) is 73.8 Å². The van der Waals surface area contributed by atoms with Crippen LogP contribution >= 0.6 is 11.6 Å². The van der Waals surface area contributed by atoms with E-state index in [0.717, 1.165) is 37.7 Å². The fourth-order valence-electron chi connectivity index (χ4n) is 3.58. The van der Waals surface area contributed by atoms with Gasteiger partial charge < -0.3 is 5.32 Å². The Bertz CT molecular complexity index is 1060. The molecule has 0 aliphatic heterocycles. The van der Waals surface area contributed by atoms with Gasteiger partial charge in [0.15, 0.2) is 0 Å². The number of halogens is 1. The van der Waals surface area contributed by atoms with Gasteiger partial charge in [0, 0.05) is 29.6 Å². The van der Waals surface area contributed by atoms with Crippen LogP contribution in [0.25, 0.3) is 11.3 Å². The minimum absolute atomic E-state index is 0.0144. The molecule has 0 atom stereocenters. The first-order valence-corrected chi connectivity index (χ1v) is 11.6. The third-order valence-corrected chi connectivity index (χ3v) is 5.59. The van der Waals surface area contributed by atoms with Gasteiger partial charge in [-0.15, -0.1) is 0 Å². The third kappa shape index (κ3) is 7.06. The predicted molar refractivity (Wildman–Crippen MR) is 130 cm³/mol. The maximum atomic E-state index is 12.9. The second-order valence-electron chi connectivity index (χ2n) is 7.89. The lowest BCUT2D eigenvalue weighted by molar-refractivity contribution is -0.121. The van der Waals surface area contributed by atoms with Crippen LogP contribution < -0.4 is 10.9 Å². The van der Waals surface area contributed by atoms with E-state index in [1.165, 1.54) is 16.2 Å². The first kappa shape index (κ1) is 23.7. The monoisotopic (exact) mass is 451 g/mol. The van der Waals surface area contributed by atoms with E-state index in [1.807, 2.05) is 30.3 Å². The van der Waals surface area contributed by atoms with Crippen LogP contribution in [-0.2, 0) is 24.2 Å². The second-order valence-corrected chi connectivity index (χ2v) is 8.32. The molecule has 32 heavy (non-hydrogen) atoms. The van der Waals surface area contributed by atoms with Crippen LogP contribution in [0.5, 0.6) is 0 Å². The lowest BCUT2D eigenvalue weighted by Gasteiger charge is -2.14. The topological polar surface area (TPSA) is 64.0 Å². The van der Waals surface area contributed by atoms with Crippen molar-refractivity contribution in [2.24, 2.45) is 0 Å². The number of aromatic nitrogens is 2. The first-order chi connectivity index (χ1) is 15.6. The molecule has 3 aromatic rings. The van der Waals surface area contributed by atoms with Gasteiger partial charge in [0.1, 0.15) is 12.4 Å². The first-order valence-electron chi connectivity index (χ1n) is 11.2. The minimum atomic E-state index is -0.212. The summed E-state index contributed by atoms with van der Waals surface area (Å²) < 4.78 is 1.50. The normalized spacial score (nSPS) is 10.8. The fraction of sp³-hybridized carbons (Fsp3) is 0.346. The number of carbonyl (C=O) groups is 1. The van der Waals surface area contributed by atoms with E-state index in [2.05, 4.69) is 24.4 Å². The van der Waals surface area contributed by atoms with Gasteiger partial charge in [0.25, 0.3) is 5.56 Å². The number of nitrogens with one attached hydrogen (secondary N) is 1. The molecule has 6 heteroatoms. The SMILES string of the molecule is CCCCCc1nc(-c2ccc(Cl)cc2)cc(=O)n1CC(=O)NCCCc1ccccc1. The van der Waals surface area contributed by atoms with E-state index in [4.69, 9.17) is 16.6 Å². The summed E-state index contributed by atoms with van der Waals surface area (Å²) in [4.78, 5) is 30.2. The molecule has 0 radical (unpaired) electrons. The highest BCUT2D eigenvalue weighted by atomic mass is 35.5. The highest BCUT2D eigenvalue weighted by Gasteiger charge is 2.13. The number of carbonyl (C=O) groups excluding carboxylic acids is 1. The van der Waals surface area contributed by atoms with Gasteiger partial charge in [-0.25, -0.2) is 4.98 Å². The van der Waals surface area contributed by atoms with Crippen molar-refractivity contribution in [3.63, 3.8) is 0 Å². The van der Waals surface area contributed by atoms with Gasteiger partial charge in [0.05, 0.1) is 5.69 Å². The summed E-state index contributed by atoms with van der Waals surface area (Å²) in [7, 11) is 0. The predicted octanol–water partition coefficient (Wildman–Crippen LogP) is 5.05. The molecule has 1 heterocycles. The zero-order valence-corrected chi connectivity index (χ0v) is 19.3. The number of benzene rings is 2. The van der Waals surface area contributed by atoms with E-state index < -0.39 is 0 Å². The minimum Gasteiger partial charge on any atom is -0.355 e. The number of hydrogen-bond donors (Lipinski definition) is 1. The standard InChI is InChI=1S/C26H30ClN3O2/c1-2-3-5-12-24-29-23(21-13-15-22(27)16-14-21)18-26(32)30(24)19-25(31)28-17-8-11-20-9-6-4-7-10-20/h4,6-7,9-10,13-16,18H,2-3,5,8,11-12,17,19H2,1H3,(H,28,31). The van der Waals surface area contributed by atoms with E-state index in [1.54, 1.807) is 12.1 Å². The van der Waals surface area contributed by atoms with Gasteiger partial charge in [-0.05, 0) is 37.0 Å². The van der Waals surface area contributed by atoms with Gasteiger partial charge in [-0.3, -0.25) is 14.2 Å². The van der Waals surface area contributed by atoms with Crippen molar-refractivity contribution < 1.29 is 4.79 Å². The maximum absolute atomic E-state index is 12.9. The van der Waals surface area contributed by atoms with Crippen LogP contribution in [0.1, 0.15) is 44.0 Å². The van der Waals surface area contributed by atoms with Crippen LogP contribution in [0.3, 0.4) is 0 Å². The van der Waals surface area contributed by atoms with E-state index in [0.29, 0.717) is 29.5 Å². The smallest absolute Gasteiger partial charge is 0.254 e. The summed E-state index contributed by atoms with van der Waals surface area (Å²) in [6, 6.07) is 18.9. The number of aryl methyl sites for hydroxylation is 2. The maximum Gasteiger partial charge on any atom is 0.254 e. The molecule has 0 aliphatic carbocycles. The number of hydrogen-bond acceptors (Lipinski definition) is 3. The van der Waals surface area contributed by atoms with Crippen molar-refractivity contribution in [3.05, 3.63) is 87.4 Å². The van der Waals surface area contributed by atoms with Crippen LogP contribution in [0.4, 0.5) is 0 Å². The van der Waals surface area contributed by atoms with Crippen molar-refractivity contribution in [2.45, 2.75) is 52.0 Å². The molecule has 168 valence electrons. The Labute approximate surface area is 194 Å².